The number of nitrogens with one attached hydrogen (secondary N) is 6. The van der Waals surface area contributed by atoms with E-state index in [1.54, 1.807) is 11.9 Å². The summed E-state index contributed by atoms with van der Waals surface area (Å²) in [6.45, 7) is 0.00790. The average molecular weight is 1410 g/mol. The van der Waals surface area contributed by atoms with E-state index in [-0.39, 0.29) is 85.9 Å². The molecule has 0 spiro atoms. The Labute approximate surface area is 583 Å². The predicted octanol–water partition coefficient (Wildman–Crippen LogP) is 8.28. The van der Waals surface area contributed by atoms with Crippen molar-refractivity contribution in [3.05, 3.63) is 224 Å². The quantitative estimate of drug-likeness (QED) is 0.0744. The van der Waals surface area contributed by atoms with Crippen LogP contribution >= 0.6 is 23.2 Å². The maximum Gasteiger partial charge on any atom is 0.330 e. The van der Waals surface area contributed by atoms with E-state index in [0.29, 0.717) is 5.56 Å². The zero-order valence-electron chi connectivity index (χ0n) is 52.8. The minimum absolute atomic E-state index is 0.116. The van der Waals surface area contributed by atoms with Gasteiger partial charge in [0.25, 0.3) is 0 Å². The summed E-state index contributed by atoms with van der Waals surface area (Å²) in [7, 11) is 1.68. The molecule has 0 aromatic heterocycles. The van der Waals surface area contributed by atoms with E-state index < -0.39 is 152 Å². The van der Waals surface area contributed by atoms with Gasteiger partial charge in [-0.2, -0.15) is 0 Å². The van der Waals surface area contributed by atoms with Crippen LogP contribution in [0, 0.1) is 0 Å². The number of amides is 6. The van der Waals surface area contributed by atoms with Gasteiger partial charge in [-0.25, -0.2) is 4.79 Å². The Hall–Kier alpha value is -12.1. The number of nitrogens with two attached hydrogens (primary N) is 1. The van der Waals surface area contributed by atoms with Gasteiger partial charge in [0.15, 0.2) is 29.0 Å². The highest BCUT2D eigenvalue weighted by atomic mass is 35.5. The first kappa shape index (κ1) is 67.5. The van der Waals surface area contributed by atoms with Crippen LogP contribution in [0.15, 0.2) is 164 Å². The van der Waals surface area contributed by atoms with Crippen molar-refractivity contribution < 1.29 is 88.6 Å². The van der Waals surface area contributed by atoms with Crippen LogP contribution in [0.5, 0.6) is 69.0 Å². The molecule has 26 nitrogen and oxygen atoms in total. The Balaban J connectivity index is 0.981. The van der Waals surface area contributed by atoms with E-state index >= 15 is 24.0 Å². The molecule has 8 atom stereocenters. The number of carbonyl (C=O) groups excluding carboxylic acids is 6. The molecule has 0 saturated heterocycles. The van der Waals surface area contributed by atoms with Gasteiger partial charge in [-0.3, -0.25) is 33.7 Å². The van der Waals surface area contributed by atoms with Crippen LogP contribution in [0.1, 0.15) is 86.4 Å². The number of carbonyl (C=O) groups is 7. The van der Waals surface area contributed by atoms with Crippen molar-refractivity contribution >= 4 is 64.6 Å². The lowest BCUT2D eigenvalue weighted by atomic mass is 9.88. The number of rotatable bonds is 6. The van der Waals surface area contributed by atoms with Crippen LogP contribution in [-0.4, -0.2) is 106 Å². The predicted molar refractivity (Wildman–Crippen MR) is 362 cm³/mol. The number of nitrogens with zero attached hydrogens (tertiary/aromatic N) is 1. The third-order valence-electron chi connectivity index (χ3n) is 17.7. The number of aliphatic carboxylic acids is 1. The van der Waals surface area contributed by atoms with E-state index in [1.807, 2.05) is 54.6 Å². The molecule has 0 radical (unpaired) electrons. The van der Waals surface area contributed by atoms with E-state index in [1.165, 1.54) is 54.6 Å². The van der Waals surface area contributed by atoms with Gasteiger partial charge in [-0.15, -0.1) is 0 Å². The first-order valence-corrected chi connectivity index (χ1v) is 32.0. The number of aliphatic hydroxyl groups is 1. The molecule has 15 rings (SSSR count). The number of hydrogen-bond donors (Lipinski definition) is 15. The lowest BCUT2D eigenvalue weighted by Gasteiger charge is -2.31. The topological polar surface area (TPSA) is 410 Å². The molecule has 9 aromatic rings. The first-order valence-electron chi connectivity index (χ1n) is 31.2. The summed E-state index contributed by atoms with van der Waals surface area (Å²) in [6, 6.07) is 24.7. The number of fused-ring (bicyclic) bond motifs is 14. The number of halogens is 2. The molecule has 6 amide bonds. The van der Waals surface area contributed by atoms with Crippen molar-refractivity contribution in [2.24, 2.45) is 5.73 Å². The summed E-state index contributed by atoms with van der Waals surface area (Å²) in [5.74, 6) is -15.0. The largest absolute Gasteiger partial charge is 0.508 e. The molecule has 6 heterocycles. The molecule has 28 heteroatoms. The van der Waals surface area contributed by atoms with Crippen molar-refractivity contribution in [2.45, 2.75) is 67.9 Å². The maximum absolute atomic E-state index is 16.0. The van der Waals surface area contributed by atoms with Gasteiger partial charge in [0.1, 0.15) is 82.6 Å². The molecule has 0 saturated carbocycles. The number of phenols is 6. The number of benzene rings is 9. The standard InChI is InChI=1S/C73H60Cl2N8O18/c1-83(30-32-7-10-35(11-8-32)34-5-3-2-4-6-34)31-45-51(87)29-44-57(65(45)89)43-23-37(13-15-49(43)85)59-69(93)82-63(72(96)81-62(44)73(97)98)64(88)38-14-18-53(47(75)24-38)101-56-27-40-26-55(66(56)90)100-52-17-9-33(19-46(52)74)20-48-67(91)78-60(70(94)80-61(40)71(95)79-59)39-21-41(84)28-42(22-39)99-54-25-36(12-16-50(54)86)58(76)68(92)77-48/h2-19,21-29,48,58-64,84-90H,20,30-31,76H2,1H3,(H,77,92)(H,78,91)(H,79,95)(H,80,94)(H,81,96)(H,82,93)(H,97,98)/t48-,58+,59-,60+,61-,62+,63+,64-/m1/s1. The normalized spacial score (nSPS) is 20.4. The summed E-state index contributed by atoms with van der Waals surface area (Å²) >= 11 is 13.8. The summed E-state index contributed by atoms with van der Waals surface area (Å²) in [6.07, 6.45) is -2.52. The fraction of sp³-hybridized carbons (Fsp3) is 0.164. The molecule has 16 N–H and O–H groups in total. The van der Waals surface area contributed by atoms with Gasteiger partial charge in [0.2, 0.25) is 41.2 Å². The highest BCUT2D eigenvalue weighted by Gasteiger charge is 2.42. The number of hydrogen-bond acceptors (Lipinski definition) is 19. The summed E-state index contributed by atoms with van der Waals surface area (Å²) in [5.41, 5.74) is 6.96. The first-order chi connectivity index (χ1) is 48.3. The van der Waals surface area contributed by atoms with Gasteiger partial charge in [0.05, 0.1) is 15.6 Å². The Morgan fingerprint density at radius 1 is 0.515 bits per heavy atom. The van der Waals surface area contributed by atoms with Crippen LogP contribution < -0.4 is 51.8 Å². The molecule has 17 bridgehead atoms. The van der Waals surface area contributed by atoms with Crippen LogP contribution in [0.2, 0.25) is 10.0 Å². The minimum atomic E-state index is -2.24. The maximum atomic E-state index is 16.0. The second-order valence-corrected chi connectivity index (χ2v) is 25.4. The van der Waals surface area contributed by atoms with Crippen molar-refractivity contribution in [3.8, 4) is 91.2 Å². The molecule has 6 aliphatic heterocycles. The lowest BCUT2D eigenvalue weighted by molar-refractivity contribution is -0.143. The van der Waals surface area contributed by atoms with Crippen molar-refractivity contribution in [1.82, 2.24) is 36.8 Å². The summed E-state index contributed by atoms with van der Waals surface area (Å²) in [5, 5.41) is 109. The van der Waals surface area contributed by atoms with Crippen molar-refractivity contribution in [2.75, 3.05) is 7.05 Å². The smallest absolute Gasteiger partial charge is 0.330 e. The molecule has 0 aliphatic carbocycles. The lowest BCUT2D eigenvalue weighted by Crippen LogP contribution is -2.55. The zero-order chi connectivity index (χ0) is 71.4. The summed E-state index contributed by atoms with van der Waals surface area (Å²) in [4.78, 5) is 107. The minimum Gasteiger partial charge on any atom is -0.508 e. The van der Waals surface area contributed by atoms with Crippen molar-refractivity contribution in [1.29, 1.82) is 0 Å². The SMILES string of the molecule is CN(Cc1ccc(-c2ccccc2)cc1)Cc1c(O)cc2c(c1O)-c1cc(ccc1O)[C@H]1NC(=O)[C@@H]3NC(=O)[C@H]4NC(=O)[C@@H](Cc5ccc(c(Cl)c5)Oc5cc3cc(c5O)Oc3ccc(cc3Cl)[C@@H](O)[C@H](NC1=O)C(=O)N[C@@H]2C(=O)O)NC(=O)[C@@H](N)c1ccc(O)c(c1)Oc1cc(O)cc4c1. The number of aromatic hydroxyl groups is 6. The molecule has 0 fully saturated rings. The van der Waals surface area contributed by atoms with Gasteiger partial charge >= 0.3 is 5.97 Å². The third-order valence-corrected chi connectivity index (χ3v) is 18.3. The number of carboxylic acids is 1. The number of aliphatic hydroxyl groups excluding tert-OH is 1. The molecule has 0 unspecified atom stereocenters. The van der Waals surface area contributed by atoms with Gasteiger partial charge < -0.3 is 92.7 Å². The molecular weight excluding hydrogens is 1350 g/mol. The summed E-state index contributed by atoms with van der Waals surface area (Å²) < 4.78 is 18.6. The van der Waals surface area contributed by atoms with Crippen LogP contribution in [0.4, 0.5) is 0 Å². The fourth-order valence-electron chi connectivity index (χ4n) is 12.5. The highest BCUT2D eigenvalue weighted by molar-refractivity contribution is 6.32. The Morgan fingerprint density at radius 2 is 1.11 bits per heavy atom. The van der Waals surface area contributed by atoms with Gasteiger partial charge in [-0.05, 0) is 136 Å². The molecule has 514 valence electrons. The second kappa shape index (κ2) is 27.3. The van der Waals surface area contributed by atoms with Crippen LogP contribution in [0.3, 0.4) is 0 Å². The highest BCUT2D eigenvalue weighted by Crippen LogP contribution is 2.50. The Kier molecular flexibility index (Phi) is 18.3. The van der Waals surface area contributed by atoms with E-state index in [4.69, 9.17) is 43.1 Å². The van der Waals surface area contributed by atoms with Crippen LogP contribution in [-0.2, 0) is 53.1 Å². The Bertz CT molecular complexity index is 4910. The van der Waals surface area contributed by atoms with Gasteiger partial charge in [0, 0.05) is 42.3 Å². The third kappa shape index (κ3) is 13.7. The molecule has 6 aliphatic rings. The van der Waals surface area contributed by atoms with E-state index in [9.17, 15) is 50.4 Å². The van der Waals surface area contributed by atoms with Crippen LogP contribution in [0.25, 0.3) is 22.3 Å². The number of phenolic OH excluding ortho intramolecular Hbond substituents is 6. The number of carboxylic acid groups (broad SMARTS) is 1. The zero-order valence-corrected chi connectivity index (χ0v) is 54.3. The van der Waals surface area contributed by atoms with Gasteiger partial charge in [-0.1, -0.05) is 102 Å². The van der Waals surface area contributed by atoms with E-state index in [2.05, 4.69) is 31.9 Å². The van der Waals surface area contributed by atoms with Crippen molar-refractivity contribution in [3.63, 3.8) is 0 Å². The monoisotopic (exact) mass is 1410 g/mol. The second-order valence-electron chi connectivity index (χ2n) is 24.6. The fourth-order valence-corrected chi connectivity index (χ4v) is 13.0. The molecular formula is C73H60Cl2N8O18. The average Bonchev–Trinajstić information content (AvgIpc) is 0.751. The molecule has 101 heavy (non-hydrogen) atoms. The Morgan fingerprint density at radius 3 is 1.78 bits per heavy atom. The molecule has 9 aromatic carbocycles. The number of ether oxygens (including phenoxy) is 3. The van der Waals surface area contributed by atoms with E-state index in [0.717, 1.165) is 71.3 Å².